The SMILES string of the molecule is CCNC(Cc1c(Br)c(C)nn1C)c1ncc(C)cn1. The number of likely N-dealkylation sites (N-methyl/N-ethyl adjacent to an activating group) is 1. The maximum Gasteiger partial charge on any atom is 0.145 e. The van der Waals surface area contributed by atoms with E-state index >= 15 is 0 Å². The van der Waals surface area contributed by atoms with E-state index in [2.05, 4.69) is 43.2 Å². The van der Waals surface area contributed by atoms with E-state index in [1.165, 1.54) is 0 Å². The summed E-state index contributed by atoms with van der Waals surface area (Å²) in [5.74, 6) is 0.822. The molecule has 1 atom stereocenters. The number of nitrogens with one attached hydrogen (secondary N) is 1. The van der Waals surface area contributed by atoms with Crippen molar-refractivity contribution >= 4 is 15.9 Å². The van der Waals surface area contributed by atoms with E-state index in [4.69, 9.17) is 0 Å². The zero-order valence-corrected chi connectivity index (χ0v) is 13.9. The molecule has 0 aliphatic carbocycles. The Balaban J connectivity index is 2.27. The van der Waals surface area contributed by atoms with Gasteiger partial charge in [0.05, 0.1) is 21.9 Å². The molecule has 1 N–H and O–H groups in total. The van der Waals surface area contributed by atoms with Gasteiger partial charge in [-0.3, -0.25) is 4.68 Å². The Morgan fingerprint density at radius 1 is 1.30 bits per heavy atom. The molecule has 2 aromatic rings. The van der Waals surface area contributed by atoms with Crippen LogP contribution in [0.4, 0.5) is 0 Å². The highest BCUT2D eigenvalue weighted by Gasteiger charge is 2.19. The molecule has 0 bridgehead atoms. The van der Waals surface area contributed by atoms with Crippen LogP contribution >= 0.6 is 15.9 Å². The molecule has 0 amide bonds. The Morgan fingerprint density at radius 3 is 2.45 bits per heavy atom. The molecule has 0 fully saturated rings. The lowest BCUT2D eigenvalue weighted by molar-refractivity contribution is 0.503. The fourth-order valence-corrected chi connectivity index (χ4v) is 2.68. The summed E-state index contributed by atoms with van der Waals surface area (Å²) in [6.07, 6.45) is 4.52. The molecule has 0 aliphatic heterocycles. The van der Waals surface area contributed by atoms with Crippen LogP contribution in [0, 0.1) is 13.8 Å². The molecule has 2 heterocycles. The second-order valence-corrected chi connectivity index (χ2v) is 5.70. The van der Waals surface area contributed by atoms with Crippen LogP contribution in [0.25, 0.3) is 0 Å². The molecule has 0 aliphatic rings. The second kappa shape index (κ2) is 6.45. The quantitative estimate of drug-likeness (QED) is 0.910. The molecule has 0 saturated carbocycles. The van der Waals surface area contributed by atoms with E-state index in [9.17, 15) is 0 Å². The Labute approximate surface area is 128 Å². The first-order chi connectivity index (χ1) is 9.52. The first kappa shape index (κ1) is 15.1. The van der Waals surface area contributed by atoms with Gasteiger partial charge in [0, 0.05) is 25.9 Å². The third kappa shape index (κ3) is 3.24. The first-order valence-electron chi connectivity index (χ1n) is 6.72. The largest absolute Gasteiger partial charge is 0.307 e. The molecule has 20 heavy (non-hydrogen) atoms. The zero-order valence-electron chi connectivity index (χ0n) is 12.3. The number of hydrogen-bond acceptors (Lipinski definition) is 4. The fourth-order valence-electron chi connectivity index (χ4n) is 2.18. The minimum Gasteiger partial charge on any atom is -0.307 e. The van der Waals surface area contributed by atoms with Crippen molar-refractivity contribution < 1.29 is 0 Å². The van der Waals surface area contributed by atoms with Gasteiger partial charge in [0.25, 0.3) is 0 Å². The number of rotatable bonds is 5. The minimum atomic E-state index is 0.0895. The van der Waals surface area contributed by atoms with Gasteiger partial charge in [-0.05, 0) is 41.9 Å². The standard InChI is InChI=1S/C14H20BrN5/c1-5-16-11(14-17-7-9(2)8-18-14)6-12-13(15)10(3)19-20(12)4/h7-8,11,16H,5-6H2,1-4H3. The number of aryl methyl sites for hydroxylation is 3. The fraction of sp³-hybridized carbons (Fsp3) is 0.500. The van der Waals surface area contributed by atoms with Gasteiger partial charge in [0.15, 0.2) is 0 Å². The van der Waals surface area contributed by atoms with Gasteiger partial charge >= 0.3 is 0 Å². The Hall–Kier alpha value is -1.27. The van der Waals surface area contributed by atoms with Crippen molar-refractivity contribution in [3.05, 3.63) is 39.6 Å². The molecule has 108 valence electrons. The predicted molar refractivity (Wildman–Crippen MR) is 82.5 cm³/mol. The molecule has 2 rings (SSSR count). The van der Waals surface area contributed by atoms with Crippen molar-refractivity contribution in [3.8, 4) is 0 Å². The van der Waals surface area contributed by atoms with Crippen molar-refractivity contribution in [2.24, 2.45) is 7.05 Å². The van der Waals surface area contributed by atoms with E-state index < -0.39 is 0 Å². The summed E-state index contributed by atoms with van der Waals surface area (Å²) in [6, 6.07) is 0.0895. The summed E-state index contributed by atoms with van der Waals surface area (Å²) in [4.78, 5) is 8.88. The topological polar surface area (TPSA) is 55.6 Å². The van der Waals surface area contributed by atoms with Crippen molar-refractivity contribution in [1.29, 1.82) is 0 Å². The van der Waals surface area contributed by atoms with Gasteiger partial charge in [-0.1, -0.05) is 6.92 Å². The summed E-state index contributed by atoms with van der Waals surface area (Å²) >= 11 is 3.61. The van der Waals surface area contributed by atoms with Crippen LogP contribution in [0.3, 0.4) is 0 Å². The Morgan fingerprint density at radius 2 is 1.95 bits per heavy atom. The van der Waals surface area contributed by atoms with Gasteiger partial charge in [0.1, 0.15) is 5.82 Å². The van der Waals surface area contributed by atoms with E-state index in [1.54, 1.807) is 0 Å². The number of hydrogen-bond donors (Lipinski definition) is 1. The average molecular weight is 338 g/mol. The van der Waals surface area contributed by atoms with Gasteiger partial charge in [-0.25, -0.2) is 9.97 Å². The average Bonchev–Trinajstić information content (AvgIpc) is 2.65. The van der Waals surface area contributed by atoms with E-state index in [0.29, 0.717) is 0 Å². The molecule has 0 aromatic carbocycles. The van der Waals surface area contributed by atoms with Crippen LogP contribution in [0.15, 0.2) is 16.9 Å². The highest BCUT2D eigenvalue weighted by atomic mass is 79.9. The third-order valence-electron chi connectivity index (χ3n) is 3.22. The maximum atomic E-state index is 4.44. The monoisotopic (exact) mass is 337 g/mol. The lowest BCUT2D eigenvalue weighted by Gasteiger charge is -2.17. The van der Waals surface area contributed by atoms with Gasteiger partial charge in [-0.15, -0.1) is 0 Å². The van der Waals surface area contributed by atoms with E-state index in [0.717, 1.165) is 40.2 Å². The van der Waals surface area contributed by atoms with Crippen LogP contribution in [-0.4, -0.2) is 26.3 Å². The predicted octanol–water partition coefficient (Wildman–Crippen LogP) is 2.48. The Kier molecular flexibility index (Phi) is 4.88. The molecule has 5 nitrogen and oxygen atoms in total. The number of halogens is 1. The number of aromatic nitrogens is 4. The highest BCUT2D eigenvalue weighted by molar-refractivity contribution is 9.10. The number of nitrogens with zero attached hydrogens (tertiary/aromatic N) is 4. The van der Waals surface area contributed by atoms with Crippen LogP contribution in [-0.2, 0) is 13.5 Å². The van der Waals surface area contributed by atoms with Crippen LogP contribution in [0.2, 0.25) is 0 Å². The van der Waals surface area contributed by atoms with Crippen LogP contribution < -0.4 is 5.32 Å². The van der Waals surface area contributed by atoms with Crippen molar-refractivity contribution in [3.63, 3.8) is 0 Å². The van der Waals surface area contributed by atoms with Gasteiger partial charge < -0.3 is 5.32 Å². The summed E-state index contributed by atoms with van der Waals surface area (Å²) in [6.45, 7) is 6.95. The molecule has 0 saturated heterocycles. The van der Waals surface area contributed by atoms with Crippen molar-refractivity contribution in [2.45, 2.75) is 33.2 Å². The summed E-state index contributed by atoms with van der Waals surface area (Å²) < 4.78 is 2.98. The maximum absolute atomic E-state index is 4.44. The third-order valence-corrected chi connectivity index (χ3v) is 4.25. The first-order valence-corrected chi connectivity index (χ1v) is 7.52. The van der Waals surface area contributed by atoms with Crippen LogP contribution in [0.5, 0.6) is 0 Å². The highest BCUT2D eigenvalue weighted by Crippen LogP contribution is 2.24. The smallest absolute Gasteiger partial charge is 0.145 e. The minimum absolute atomic E-state index is 0.0895. The lowest BCUT2D eigenvalue weighted by Crippen LogP contribution is -2.26. The molecule has 0 spiro atoms. The molecule has 6 heteroatoms. The summed E-state index contributed by atoms with van der Waals surface area (Å²) in [5.41, 5.74) is 3.22. The second-order valence-electron chi connectivity index (χ2n) is 4.90. The summed E-state index contributed by atoms with van der Waals surface area (Å²) in [5, 5.41) is 7.88. The van der Waals surface area contributed by atoms with E-state index in [1.807, 2.05) is 38.0 Å². The van der Waals surface area contributed by atoms with Gasteiger partial charge in [-0.2, -0.15) is 5.10 Å². The normalized spacial score (nSPS) is 12.7. The van der Waals surface area contributed by atoms with Crippen molar-refractivity contribution in [2.75, 3.05) is 6.54 Å². The summed E-state index contributed by atoms with van der Waals surface area (Å²) in [7, 11) is 1.96. The lowest BCUT2D eigenvalue weighted by atomic mass is 10.1. The van der Waals surface area contributed by atoms with E-state index in [-0.39, 0.29) is 6.04 Å². The molecule has 0 radical (unpaired) electrons. The van der Waals surface area contributed by atoms with Gasteiger partial charge in [0.2, 0.25) is 0 Å². The molecular formula is C14H20BrN5. The zero-order chi connectivity index (χ0) is 14.7. The molecule has 2 aromatic heterocycles. The van der Waals surface area contributed by atoms with Crippen LogP contribution in [0.1, 0.15) is 35.7 Å². The Bertz CT molecular complexity index is 576. The molecule has 1 unspecified atom stereocenters. The molecular weight excluding hydrogens is 318 g/mol. The van der Waals surface area contributed by atoms with Crippen molar-refractivity contribution in [1.82, 2.24) is 25.1 Å².